The Kier molecular flexibility index (Phi) is 6.41. The van der Waals surface area contributed by atoms with E-state index in [1.54, 1.807) is 24.3 Å². The van der Waals surface area contributed by atoms with Gasteiger partial charge in [-0.25, -0.2) is 8.42 Å². The molecule has 0 aliphatic carbocycles. The zero-order chi connectivity index (χ0) is 19.5. The maximum atomic E-state index is 13.1. The van der Waals surface area contributed by atoms with Gasteiger partial charge in [-0.15, -0.1) is 0 Å². The molecule has 1 aromatic carbocycles. The van der Waals surface area contributed by atoms with Crippen molar-refractivity contribution >= 4 is 22.0 Å². The highest BCUT2D eigenvalue weighted by Crippen LogP contribution is 2.32. The molecule has 1 aliphatic heterocycles. The Morgan fingerprint density at radius 3 is 2.31 bits per heavy atom. The number of hydrogen-bond acceptors (Lipinski definition) is 6. The monoisotopic (exact) mass is 383 g/mol. The van der Waals surface area contributed by atoms with Gasteiger partial charge in [-0.1, -0.05) is 24.6 Å². The molecule has 0 radical (unpaired) electrons. The Hall–Kier alpha value is -1.93. The number of carbonyl (C=O) groups is 2. The van der Waals surface area contributed by atoms with Crippen LogP contribution in [0.15, 0.2) is 29.2 Å². The summed E-state index contributed by atoms with van der Waals surface area (Å²) in [6, 6.07) is 5.97. The molecule has 3 atom stereocenters. The minimum atomic E-state index is -3.81. The highest BCUT2D eigenvalue weighted by atomic mass is 32.2. The van der Waals surface area contributed by atoms with Crippen molar-refractivity contribution < 1.29 is 27.5 Å². The minimum Gasteiger partial charge on any atom is -0.461 e. The molecule has 0 unspecified atom stereocenters. The highest BCUT2D eigenvalue weighted by Gasteiger charge is 2.45. The quantitative estimate of drug-likeness (QED) is 0.698. The van der Waals surface area contributed by atoms with Crippen molar-refractivity contribution in [3.8, 4) is 0 Å². The van der Waals surface area contributed by atoms with E-state index in [0.29, 0.717) is 6.42 Å². The Labute approximate surface area is 154 Å². The van der Waals surface area contributed by atoms with Crippen LogP contribution in [0, 0.1) is 6.92 Å². The van der Waals surface area contributed by atoms with Gasteiger partial charge in [0.05, 0.1) is 17.5 Å². The summed E-state index contributed by atoms with van der Waals surface area (Å²) in [5, 5.41) is 0. The van der Waals surface area contributed by atoms with Crippen molar-refractivity contribution in [1.29, 1.82) is 0 Å². The van der Waals surface area contributed by atoms with Crippen LogP contribution < -0.4 is 0 Å². The lowest BCUT2D eigenvalue weighted by Gasteiger charge is -2.29. The zero-order valence-electron chi connectivity index (χ0n) is 15.5. The van der Waals surface area contributed by atoms with E-state index in [4.69, 9.17) is 9.47 Å². The van der Waals surface area contributed by atoms with Gasteiger partial charge in [0, 0.05) is 20.3 Å². The summed E-state index contributed by atoms with van der Waals surface area (Å²) >= 11 is 0. The SMILES string of the molecule is CC[C@H](OC(C)=O)[C@H]1C[C@@H](OC(C)=O)CN1S(=O)(=O)c1ccc(C)cc1. The van der Waals surface area contributed by atoms with Crippen LogP contribution in [-0.4, -0.2) is 49.5 Å². The van der Waals surface area contributed by atoms with E-state index in [-0.39, 0.29) is 17.9 Å². The first kappa shape index (κ1) is 20.4. The molecule has 0 bridgehead atoms. The number of ether oxygens (including phenoxy) is 2. The lowest BCUT2D eigenvalue weighted by Crippen LogP contribution is -2.44. The predicted octanol–water partition coefficient (Wildman–Crippen LogP) is 2.03. The topological polar surface area (TPSA) is 90.0 Å². The fourth-order valence-corrected chi connectivity index (χ4v) is 4.92. The predicted molar refractivity (Wildman–Crippen MR) is 94.9 cm³/mol. The van der Waals surface area contributed by atoms with Crippen molar-refractivity contribution in [3.63, 3.8) is 0 Å². The molecular weight excluding hydrogens is 358 g/mol. The summed E-state index contributed by atoms with van der Waals surface area (Å²) in [4.78, 5) is 22.9. The summed E-state index contributed by atoms with van der Waals surface area (Å²) in [6.45, 7) is 6.32. The van der Waals surface area contributed by atoms with Gasteiger partial charge in [-0.2, -0.15) is 4.31 Å². The van der Waals surface area contributed by atoms with Crippen molar-refractivity contribution in [3.05, 3.63) is 29.8 Å². The van der Waals surface area contributed by atoms with Crippen molar-refractivity contribution in [2.75, 3.05) is 6.54 Å². The van der Waals surface area contributed by atoms with Crippen LogP contribution >= 0.6 is 0 Å². The van der Waals surface area contributed by atoms with Crippen LogP contribution in [0.1, 0.15) is 39.2 Å². The first-order chi connectivity index (χ1) is 12.1. The molecule has 1 aromatic rings. The van der Waals surface area contributed by atoms with Crippen LogP contribution in [0.5, 0.6) is 0 Å². The largest absolute Gasteiger partial charge is 0.461 e. The standard InChI is InChI=1S/C18H25NO6S/c1-5-18(25-14(4)21)17-10-15(24-13(3)20)11-19(17)26(22,23)16-8-6-12(2)7-9-16/h6-9,15,17-18H,5,10-11H2,1-4H3/t15-,17-,18+/m1/s1. The van der Waals surface area contributed by atoms with Crippen LogP contribution in [0.4, 0.5) is 0 Å². The number of aryl methyl sites for hydroxylation is 1. The third-order valence-corrected chi connectivity index (χ3v) is 6.27. The van der Waals surface area contributed by atoms with E-state index in [9.17, 15) is 18.0 Å². The fraction of sp³-hybridized carbons (Fsp3) is 0.556. The van der Waals surface area contributed by atoms with Gasteiger partial charge in [0.1, 0.15) is 12.2 Å². The Morgan fingerprint density at radius 1 is 1.19 bits per heavy atom. The number of esters is 2. The van der Waals surface area contributed by atoms with Crippen molar-refractivity contribution in [1.82, 2.24) is 4.31 Å². The second-order valence-electron chi connectivity index (χ2n) is 6.48. The second-order valence-corrected chi connectivity index (χ2v) is 8.37. The van der Waals surface area contributed by atoms with Crippen molar-refractivity contribution in [2.24, 2.45) is 0 Å². The van der Waals surface area contributed by atoms with E-state index in [1.165, 1.54) is 18.2 Å². The van der Waals surface area contributed by atoms with Gasteiger partial charge in [0.25, 0.3) is 0 Å². The average molecular weight is 383 g/mol. The number of carbonyl (C=O) groups excluding carboxylic acids is 2. The lowest BCUT2D eigenvalue weighted by atomic mass is 10.1. The number of sulfonamides is 1. The van der Waals surface area contributed by atoms with Gasteiger partial charge < -0.3 is 9.47 Å². The third kappa shape index (κ3) is 4.62. The molecule has 1 heterocycles. The molecule has 2 rings (SSSR count). The Morgan fingerprint density at radius 2 is 1.81 bits per heavy atom. The number of hydrogen-bond donors (Lipinski definition) is 0. The van der Waals surface area contributed by atoms with Crippen molar-refractivity contribution in [2.45, 2.75) is 63.7 Å². The molecule has 26 heavy (non-hydrogen) atoms. The van der Waals surface area contributed by atoms with Crippen LogP contribution in [0.25, 0.3) is 0 Å². The summed E-state index contributed by atoms with van der Waals surface area (Å²) in [6.07, 6.45) is -0.427. The molecule has 7 nitrogen and oxygen atoms in total. The summed E-state index contributed by atoms with van der Waals surface area (Å²) in [5.74, 6) is -0.940. The molecule has 1 aliphatic rings. The highest BCUT2D eigenvalue weighted by molar-refractivity contribution is 7.89. The van der Waals surface area contributed by atoms with Gasteiger partial charge in [0.15, 0.2) is 0 Å². The van der Waals surface area contributed by atoms with Gasteiger partial charge in [-0.3, -0.25) is 9.59 Å². The van der Waals surface area contributed by atoms with E-state index >= 15 is 0 Å². The molecule has 0 spiro atoms. The van der Waals surface area contributed by atoms with Gasteiger partial charge >= 0.3 is 11.9 Å². The molecular formula is C18H25NO6S. The second kappa shape index (κ2) is 8.18. The van der Waals surface area contributed by atoms with E-state index in [0.717, 1.165) is 5.56 Å². The van der Waals surface area contributed by atoms with E-state index in [1.807, 2.05) is 13.8 Å². The molecule has 144 valence electrons. The first-order valence-electron chi connectivity index (χ1n) is 8.58. The third-order valence-electron chi connectivity index (χ3n) is 4.37. The van der Waals surface area contributed by atoms with Crippen LogP contribution in [-0.2, 0) is 29.1 Å². The number of rotatable bonds is 6. The average Bonchev–Trinajstić information content (AvgIpc) is 2.96. The van der Waals surface area contributed by atoms with E-state index in [2.05, 4.69) is 0 Å². The zero-order valence-corrected chi connectivity index (χ0v) is 16.3. The fourth-order valence-electron chi connectivity index (χ4n) is 3.22. The smallest absolute Gasteiger partial charge is 0.302 e. The molecule has 0 amide bonds. The Bertz CT molecular complexity index is 758. The summed E-state index contributed by atoms with van der Waals surface area (Å²) in [5.41, 5.74) is 0.950. The lowest BCUT2D eigenvalue weighted by molar-refractivity contribution is -0.150. The maximum Gasteiger partial charge on any atom is 0.302 e. The molecule has 1 saturated heterocycles. The maximum absolute atomic E-state index is 13.1. The van der Waals surface area contributed by atoms with Gasteiger partial charge in [0.2, 0.25) is 10.0 Å². The molecule has 0 aromatic heterocycles. The van der Waals surface area contributed by atoms with Crippen LogP contribution in [0.3, 0.4) is 0 Å². The minimum absolute atomic E-state index is 0.0399. The first-order valence-corrected chi connectivity index (χ1v) is 10.0. The molecule has 1 fully saturated rings. The number of nitrogens with zero attached hydrogens (tertiary/aromatic N) is 1. The Balaban J connectivity index is 2.37. The normalized spacial score (nSPS) is 22.0. The van der Waals surface area contributed by atoms with E-state index < -0.39 is 40.2 Å². The summed E-state index contributed by atoms with van der Waals surface area (Å²) < 4.78 is 38.1. The number of benzene rings is 1. The van der Waals surface area contributed by atoms with Gasteiger partial charge in [-0.05, 0) is 25.5 Å². The molecule has 8 heteroatoms. The molecule has 0 saturated carbocycles. The van der Waals surface area contributed by atoms with Crippen LogP contribution in [0.2, 0.25) is 0 Å². The summed E-state index contributed by atoms with van der Waals surface area (Å²) in [7, 11) is -3.81. The molecule has 0 N–H and O–H groups in total.